The summed E-state index contributed by atoms with van der Waals surface area (Å²) in [6.07, 6.45) is 2.35. The number of carbonyl (C=O) groups is 1. The van der Waals surface area contributed by atoms with Crippen LogP contribution < -0.4 is 15.2 Å². The fourth-order valence-corrected chi connectivity index (χ4v) is 2.68. The van der Waals surface area contributed by atoms with Crippen LogP contribution in [0.3, 0.4) is 0 Å². The van der Waals surface area contributed by atoms with Crippen molar-refractivity contribution >= 4 is 17.7 Å². The van der Waals surface area contributed by atoms with Crippen LogP contribution in [0.4, 0.5) is 0 Å². The Morgan fingerprint density at radius 3 is 2.58 bits per heavy atom. The first-order valence-electron chi connectivity index (χ1n) is 5.81. The molecule has 0 saturated carbocycles. The zero-order chi connectivity index (χ0) is 14.4. The summed E-state index contributed by atoms with van der Waals surface area (Å²) in [5.41, 5.74) is 6.94. The van der Waals surface area contributed by atoms with E-state index in [-0.39, 0.29) is 12.5 Å². The second-order valence-corrected chi connectivity index (χ2v) is 4.78. The van der Waals surface area contributed by atoms with Gasteiger partial charge in [0, 0.05) is 12.5 Å². The number of carboxylic acids is 1. The van der Waals surface area contributed by atoms with E-state index in [0.29, 0.717) is 17.9 Å². The monoisotopic (exact) mass is 285 g/mol. The van der Waals surface area contributed by atoms with E-state index in [9.17, 15) is 4.79 Å². The van der Waals surface area contributed by atoms with E-state index in [2.05, 4.69) is 0 Å². The quantitative estimate of drug-likeness (QED) is 0.748. The van der Waals surface area contributed by atoms with Crippen molar-refractivity contribution < 1.29 is 19.4 Å². The Bertz CT molecular complexity index is 451. The Morgan fingerprint density at radius 2 is 2.11 bits per heavy atom. The van der Waals surface area contributed by atoms with Crippen LogP contribution in [0, 0.1) is 0 Å². The number of aliphatic carboxylic acids is 1. The first-order chi connectivity index (χ1) is 9.04. The number of rotatable bonds is 7. The predicted molar refractivity (Wildman–Crippen MR) is 75.1 cm³/mol. The SMILES string of the molecule is COc1ccc(C(N)CCC(=O)O)c(SC)c1OC. The molecule has 1 aromatic rings. The summed E-state index contributed by atoms with van der Waals surface area (Å²) in [5, 5.41) is 8.71. The molecule has 0 aromatic heterocycles. The van der Waals surface area contributed by atoms with E-state index in [1.165, 1.54) is 11.8 Å². The van der Waals surface area contributed by atoms with Crippen molar-refractivity contribution in [1.82, 2.24) is 0 Å². The predicted octanol–water partition coefficient (Wildman–Crippen LogP) is 2.29. The van der Waals surface area contributed by atoms with Crippen LogP contribution in [0.5, 0.6) is 11.5 Å². The maximum Gasteiger partial charge on any atom is 0.303 e. The fraction of sp³-hybridized carbons (Fsp3) is 0.462. The van der Waals surface area contributed by atoms with Crippen LogP contribution in [0.25, 0.3) is 0 Å². The highest BCUT2D eigenvalue weighted by atomic mass is 32.2. The molecule has 0 heterocycles. The molecule has 0 amide bonds. The average Bonchev–Trinajstić information content (AvgIpc) is 2.42. The molecular formula is C13H19NO4S. The maximum absolute atomic E-state index is 10.6. The first-order valence-corrected chi connectivity index (χ1v) is 7.03. The normalized spacial score (nSPS) is 12.0. The summed E-state index contributed by atoms with van der Waals surface area (Å²) in [6.45, 7) is 0. The highest BCUT2D eigenvalue weighted by Crippen LogP contribution is 2.41. The van der Waals surface area contributed by atoms with Crippen molar-refractivity contribution in [2.24, 2.45) is 5.73 Å². The lowest BCUT2D eigenvalue weighted by molar-refractivity contribution is -0.137. The fourth-order valence-electron chi connectivity index (χ4n) is 1.85. The second kappa shape index (κ2) is 7.25. The molecule has 19 heavy (non-hydrogen) atoms. The van der Waals surface area contributed by atoms with Gasteiger partial charge in [-0.1, -0.05) is 6.07 Å². The van der Waals surface area contributed by atoms with Crippen molar-refractivity contribution in [1.29, 1.82) is 0 Å². The molecule has 0 aliphatic carbocycles. The summed E-state index contributed by atoms with van der Waals surface area (Å²) in [7, 11) is 3.15. The molecule has 1 unspecified atom stereocenters. The van der Waals surface area contributed by atoms with E-state index in [4.69, 9.17) is 20.3 Å². The molecular weight excluding hydrogens is 266 g/mol. The lowest BCUT2D eigenvalue weighted by Crippen LogP contribution is -2.14. The van der Waals surface area contributed by atoms with Gasteiger partial charge in [-0.05, 0) is 24.3 Å². The largest absolute Gasteiger partial charge is 0.493 e. The molecule has 0 aliphatic rings. The van der Waals surface area contributed by atoms with E-state index >= 15 is 0 Å². The van der Waals surface area contributed by atoms with E-state index < -0.39 is 5.97 Å². The van der Waals surface area contributed by atoms with Gasteiger partial charge in [-0.25, -0.2) is 0 Å². The Balaban J connectivity index is 3.09. The van der Waals surface area contributed by atoms with Crippen LogP contribution in [-0.4, -0.2) is 31.6 Å². The number of benzene rings is 1. The Labute approximate surface area is 117 Å². The summed E-state index contributed by atoms with van der Waals surface area (Å²) >= 11 is 1.51. The molecule has 1 aromatic carbocycles. The minimum atomic E-state index is -0.846. The van der Waals surface area contributed by atoms with Crippen LogP contribution >= 0.6 is 11.8 Å². The summed E-state index contributed by atoms with van der Waals surface area (Å²) < 4.78 is 10.6. The highest BCUT2D eigenvalue weighted by Gasteiger charge is 2.19. The molecule has 0 spiro atoms. The number of thioether (sulfide) groups is 1. The van der Waals surface area contributed by atoms with Crippen molar-refractivity contribution in [2.75, 3.05) is 20.5 Å². The summed E-state index contributed by atoms with van der Waals surface area (Å²) in [4.78, 5) is 11.5. The van der Waals surface area contributed by atoms with Crippen molar-refractivity contribution in [3.63, 3.8) is 0 Å². The molecule has 1 rings (SSSR count). The van der Waals surface area contributed by atoms with Gasteiger partial charge in [-0.2, -0.15) is 0 Å². The summed E-state index contributed by atoms with van der Waals surface area (Å²) in [5.74, 6) is 0.431. The standard InChI is InChI=1S/C13H19NO4S/c1-17-10-6-4-8(9(14)5-7-11(15)16)13(19-3)12(10)18-2/h4,6,9H,5,7,14H2,1-3H3,(H,15,16). The van der Waals surface area contributed by atoms with Gasteiger partial charge in [0.25, 0.3) is 0 Å². The van der Waals surface area contributed by atoms with Crippen molar-refractivity contribution in [2.45, 2.75) is 23.8 Å². The highest BCUT2D eigenvalue weighted by molar-refractivity contribution is 7.98. The van der Waals surface area contributed by atoms with E-state index in [1.54, 1.807) is 20.3 Å². The molecule has 5 nitrogen and oxygen atoms in total. The second-order valence-electron chi connectivity index (χ2n) is 3.96. The number of nitrogens with two attached hydrogens (primary N) is 1. The molecule has 0 saturated heterocycles. The van der Waals surface area contributed by atoms with Crippen LogP contribution in [0.1, 0.15) is 24.4 Å². The lowest BCUT2D eigenvalue weighted by atomic mass is 10.0. The van der Waals surface area contributed by atoms with E-state index in [0.717, 1.165) is 10.5 Å². The van der Waals surface area contributed by atoms with Crippen molar-refractivity contribution in [3.05, 3.63) is 17.7 Å². The average molecular weight is 285 g/mol. The van der Waals surface area contributed by atoms with Gasteiger partial charge in [0.15, 0.2) is 11.5 Å². The van der Waals surface area contributed by atoms with Gasteiger partial charge in [0.2, 0.25) is 0 Å². The van der Waals surface area contributed by atoms with Crippen LogP contribution in [0.2, 0.25) is 0 Å². The van der Waals surface area contributed by atoms with Gasteiger partial charge in [-0.3, -0.25) is 4.79 Å². The number of ether oxygens (including phenoxy) is 2. The maximum atomic E-state index is 10.6. The molecule has 3 N–H and O–H groups in total. The summed E-state index contributed by atoms with van der Waals surface area (Å²) in [6, 6.07) is 3.31. The smallest absolute Gasteiger partial charge is 0.303 e. The topological polar surface area (TPSA) is 81.8 Å². The van der Waals surface area contributed by atoms with Crippen LogP contribution in [-0.2, 0) is 4.79 Å². The molecule has 0 fully saturated rings. The molecule has 0 aliphatic heterocycles. The number of hydrogen-bond acceptors (Lipinski definition) is 5. The number of methoxy groups -OCH3 is 2. The van der Waals surface area contributed by atoms with Gasteiger partial charge in [-0.15, -0.1) is 11.8 Å². The van der Waals surface area contributed by atoms with Gasteiger partial charge in [0.1, 0.15) is 0 Å². The third-order valence-corrected chi connectivity index (χ3v) is 3.63. The third kappa shape index (κ3) is 3.78. The van der Waals surface area contributed by atoms with Gasteiger partial charge >= 0.3 is 5.97 Å². The van der Waals surface area contributed by atoms with Gasteiger partial charge in [0.05, 0.1) is 19.1 Å². The zero-order valence-corrected chi connectivity index (χ0v) is 12.1. The minimum absolute atomic E-state index is 0.0450. The Morgan fingerprint density at radius 1 is 1.42 bits per heavy atom. The van der Waals surface area contributed by atoms with Crippen LogP contribution in [0.15, 0.2) is 17.0 Å². The molecule has 0 radical (unpaired) electrons. The van der Waals surface area contributed by atoms with E-state index in [1.807, 2.05) is 12.3 Å². The molecule has 106 valence electrons. The Hall–Kier alpha value is -1.40. The molecule has 6 heteroatoms. The first kappa shape index (κ1) is 15.7. The lowest BCUT2D eigenvalue weighted by Gasteiger charge is -2.19. The van der Waals surface area contributed by atoms with Gasteiger partial charge < -0.3 is 20.3 Å². The molecule has 0 bridgehead atoms. The van der Waals surface area contributed by atoms with Crippen molar-refractivity contribution in [3.8, 4) is 11.5 Å². The molecule has 1 atom stereocenters. The number of hydrogen-bond donors (Lipinski definition) is 2. The zero-order valence-electron chi connectivity index (χ0n) is 11.3. The third-order valence-electron chi connectivity index (χ3n) is 2.80. The Kier molecular flexibility index (Phi) is 5.98. The number of carboxylic acid groups (broad SMARTS) is 1. The minimum Gasteiger partial charge on any atom is -0.493 e.